The molecule has 0 saturated carbocycles. The lowest BCUT2D eigenvalue weighted by molar-refractivity contribution is -0.142. The first-order valence-corrected chi connectivity index (χ1v) is 15.7. The molecule has 1 aromatic heterocycles. The van der Waals surface area contributed by atoms with Gasteiger partial charge in [-0.1, -0.05) is 32.4 Å². The van der Waals surface area contributed by atoms with Crippen molar-refractivity contribution in [2.45, 2.75) is 82.7 Å². The number of aliphatic hydroxyl groups excluding tert-OH is 1. The Balaban J connectivity index is 2.18. The van der Waals surface area contributed by atoms with Gasteiger partial charge in [0.2, 0.25) is 35.4 Å². The lowest BCUT2D eigenvalue weighted by atomic mass is 9.99. The van der Waals surface area contributed by atoms with Gasteiger partial charge in [0.1, 0.15) is 36.0 Å². The first-order chi connectivity index (χ1) is 23.6. The highest BCUT2D eigenvalue weighted by Gasteiger charge is 2.33. The van der Waals surface area contributed by atoms with Crippen LogP contribution in [0.25, 0.3) is 0 Å². The molecule has 0 aliphatic rings. The van der Waals surface area contributed by atoms with Crippen LogP contribution in [0, 0.1) is 5.92 Å². The summed E-state index contributed by atoms with van der Waals surface area (Å²) in [5.41, 5.74) is 12.1. The molecule has 0 spiro atoms. The Kier molecular flexibility index (Phi) is 15.8. The summed E-state index contributed by atoms with van der Waals surface area (Å²) in [5, 5.41) is 40.6. The molecule has 0 fully saturated rings. The van der Waals surface area contributed by atoms with Crippen molar-refractivity contribution in [3.05, 3.63) is 48.0 Å². The number of primary amides is 1. The van der Waals surface area contributed by atoms with Crippen LogP contribution in [0.1, 0.15) is 44.9 Å². The summed E-state index contributed by atoms with van der Waals surface area (Å²) in [5.74, 6) is -7.21. The number of nitrogens with one attached hydrogen (secondary N) is 6. The minimum Gasteiger partial charge on any atom is -0.508 e. The molecule has 1 heterocycles. The number of aromatic nitrogens is 2. The number of amides is 6. The number of phenols is 1. The maximum absolute atomic E-state index is 13.4. The molecule has 274 valence electrons. The summed E-state index contributed by atoms with van der Waals surface area (Å²) in [7, 11) is 0. The van der Waals surface area contributed by atoms with Gasteiger partial charge in [0.05, 0.1) is 25.4 Å². The quantitative estimate of drug-likeness (QED) is 0.0645. The highest BCUT2D eigenvalue weighted by Crippen LogP contribution is 2.12. The molecule has 13 N–H and O–H groups in total. The fourth-order valence-electron chi connectivity index (χ4n) is 4.50. The zero-order chi connectivity index (χ0) is 37.5. The van der Waals surface area contributed by atoms with Crippen LogP contribution in [0.2, 0.25) is 0 Å². The minimum atomic E-state index is -1.66. The number of imidazole rings is 1. The highest BCUT2D eigenvalue weighted by molar-refractivity contribution is 5.97. The van der Waals surface area contributed by atoms with Gasteiger partial charge in [0.15, 0.2) is 0 Å². The lowest BCUT2D eigenvalue weighted by Crippen LogP contribution is -2.60. The molecule has 2 rings (SSSR count). The number of nitrogens with two attached hydrogens (primary N) is 2. The average Bonchev–Trinajstić information content (AvgIpc) is 3.59. The highest BCUT2D eigenvalue weighted by atomic mass is 16.4. The molecular weight excluding hydrogens is 658 g/mol. The number of aromatic amines is 1. The number of benzene rings is 1. The van der Waals surface area contributed by atoms with E-state index < -0.39 is 90.7 Å². The third-order valence-electron chi connectivity index (χ3n) is 7.77. The zero-order valence-electron chi connectivity index (χ0n) is 27.8. The number of H-pyrrole nitrogens is 1. The number of carbonyl (C=O) groups excluding carboxylic acids is 6. The molecule has 19 nitrogen and oxygen atoms in total. The van der Waals surface area contributed by atoms with Crippen molar-refractivity contribution < 1.29 is 48.9 Å². The Bertz CT molecular complexity index is 1490. The fraction of sp³-hybridized carbons (Fsp3) is 0.484. The average molecular weight is 704 g/mol. The molecule has 0 bridgehead atoms. The van der Waals surface area contributed by atoms with Crippen LogP contribution in [0.15, 0.2) is 36.8 Å². The van der Waals surface area contributed by atoms with E-state index in [1.54, 1.807) is 6.92 Å². The Morgan fingerprint density at radius 2 is 1.36 bits per heavy atom. The first kappa shape index (κ1) is 40.6. The van der Waals surface area contributed by atoms with E-state index in [1.165, 1.54) is 43.7 Å². The molecule has 2 aromatic rings. The predicted octanol–water partition coefficient (Wildman–Crippen LogP) is -3.33. The smallest absolute Gasteiger partial charge is 0.326 e. The number of phenolic OH excluding ortho intramolecular Hbond substituents is 1. The second kappa shape index (κ2) is 19.4. The third-order valence-corrected chi connectivity index (χ3v) is 7.77. The SMILES string of the molecule is CC[C@H](C)[C@H](N)C(=O)N[C@@H](CO)C(=O)N[C@@H](CC(N)=O)C(=O)N[C@@H](Cc1cnc[nH]1)C(=O)N[C@@H](C)C(=O)N[C@@H](Cc1ccc(O)cc1)C(=O)O. The number of aliphatic carboxylic acids is 1. The summed E-state index contributed by atoms with van der Waals surface area (Å²) in [6, 6.07) is -2.63. The van der Waals surface area contributed by atoms with Crippen molar-refractivity contribution in [2.24, 2.45) is 17.4 Å². The number of carboxylic acids is 1. The van der Waals surface area contributed by atoms with Crippen LogP contribution >= 0.6 is 0 Å². The number of aromatic hydroxyl groups is 1. The predicted molar refractivity (Wildman–Crippen MR) is 175 cm³/mol. The number of carboxylic acid groups (broad SMARTS) is 1. The van der Waals surface area contributed by atoms with E-state index in [0.717, 1.165) is 0 Å². The van der Waals surface area contributed by atoms with Gasteiger partial charge in [0.25, 0.3) is 0 Å². The molecule has 0 aliphatic carbocycles. The molecule has 7 atom stereocenters. The summed E-state index contributed by atoms with van der Waals surface area (Å²) in [6.07, 6.45) is 2.18. The molecule has 1 aromatic carbocycles. The van der Waals surface area contributed by atoms with E-state index in [4.69, 9.17) is 11.5 Å². The number of hydrogen-bond donors (Lipinski definition) is 11. The summed E-state index contributed by atoms with van der Waals surface area (Å²) in [6.45, 7) is 3.94. The second-order valence-electron chi connectivity index (χ2n) is 11.7. The lowest BCUT2D eigenvalue weighted by Gasteiger charge is -2.26. The monoisotopic (exact) mass is 703 g/mol. The molecule has 6 amide bonds. The molecule has 19 heteroatoms. The Morgan fingerprint density at radius 3 is 1.90 bits per heavy atom. The van der Waals surface area contributed by atoms with Crippen molar-refractivity contribution in [3.8, 4) is 5.75 Å². The topological polar surface area (TPSA) is 321 Å². The van der Waals surface area contributed by atoms with Gasteiger partial charge < -0.3 is 58.4 Å². The summed E-state index contributed by atoms with van der Waals surface area (Å²) >= 11 is 0. The molecule has 0 aliphatic heterocycles. The summed E-state index contributed by atoms with van der Waals surface area (Å²) in [4.78, 5) is 95.5. The largest absolute Gasteiger partial charge is 0.508 e. The maximum Gasteiger partial charge on any atom is 0.326 e. The van der Waals surface area contributed by atoms with E-state index in [2.05, 4.69) is 36.6 Å². The normalized spacial score (nSPS) is 15.1. The minimum absolute atomic E-state index is 0.0263. The Morgan fingerprint density at radius 1 is 0.800 bits per heavy atom. The van der Waals surface area contributed by atoms with E-state index in [0.29, 0.717) is 17.7 Å². The van der Waals surface area contributed by atoms with Crippen LogP contribution < -0.4 is 38.1 Å². The number of carbonyl (C=O) groups is 7. The number of nitrogens with zero attached hydrogens (tertiary/aromatic N) is 1. The van der Waals surface area contributed by atoms with Crippen molar-refractivity contribution in [2.75, 3.05) is 6.61 Å². The van der Waals surface area contributed by atoms with Crippen molar-refractivity contribution in [3.63, 3.8) is 0 Å². The van der Waals surface area contributed by atoms with Crippen LogP contribution in [0.3, 0.4) is 0 Å². The van der Waals surface area contributed by atoms with Crippen molar-refractivity contribution in [1.29, 1.82) is 0 Å². The number of aliphatic hydroxyl groups is 1. The Labute approximate surface area is 287 Å². The van der Waals surface area contributed by atoms with Crippen LogP contribution in [0.4, 0.5) is 0 Å². The number of rotatable bonds is 20. The van der Waals surface area contributed by atoms with Gasteiger partial charge in [-0.25, -0.2) is 9.78 Å². The third kappa shape index (κ3) is 12.8. The molecule has 50 heavy (non-hydrogen) atoms. The van der Waals surface area contributed by atoms with Gasteiger partial charge in [-0.3, -0.25) is 28.8 Å². The number of hydrogen-bond acceptors (Lipinski definition) is 11. The molecular formula is C31H45N9O10. The van der Waals surface area contributed by atoms with E-state index >= 15 is 0 Å². The Hall–Kier alpha value is -5.56. The first-order valence-electron chi connectivity index (χ1n) is 15.7. The van der Waals surface area contributed by atoms with Crippen molar-refractivity contribution >= 4 is 41.4 Å². The van der Waals surface area contributed by atoms with Gasteiger partial charge in [-0.05, 0) is 30.5 Å². The van der Waals surface area contributed by atoms with Crippen LogP contribution in [0.5, 0.6) is 5.75 Å². The maximum atomic E-state index is 13.4. The standard InChI is InChI=1S/C31H45N9O10/c1-4-15(2)25(33)30(48)40-23(13-41)29(47)38-21(11-24(32)43)28(46)37-20(10-18-12-34-14-35-18)27(45)36-16(3)26(44)39-22(31(49)50)9-17-5-7-19(42)8-6-17/h5-8,12,14-16,20-23,25,41-42H,4,9-11,13,33H2,1-3H3,(H2,32,43)(H,34,35)(H,36,45)(H,37,46)(H,38,47)(H,39,44)(H,40,48)(H,49,50)/t15-,16-,20-,21-,22-,23-,25-/m0/s1. The van der Waals surface area contributed by atoms with Crippen LogP contribution in [-0.4, -0.2) is 110 Å². The van der Waals surface area contributed by atoms with E-state index in [1.807, 2.05) is 6.92 Å². The van der Waals surface area contributed by atoms with Crippen molar-refractivity contribution in [1.82, 2.24) is 36.6 Å². The zero-order valence-corrected chi connectivity index (χ0v) is 27.8. The van der Waals surface area contributed by atoms with Crippen LogP contribution in [-0.2, 0) is 46.4 Å². The second-order valence-corrected chi connectivity index (χ2v) is 11.7. The van der Waals surface area contributed by atoms with E-state index in [9.17, 15) is 48.9 Å². The molecule has 0 saturated heterocycles. The fourth-order valence-corrected chi connectivity index (χ4v) is 4.50. The summed E-state index contributed by atoms with van der Waals surface area (Å²) < 4.78 is 0. The van der Waals surface area contributed by atoms with Gasteiger partial charge in [-0.2, -0.15) is 0 Å². The molecule has 0 unspecified atom stereocenters. The van der Waals surface area contributed by atoms with Gasteiger partial charge in [-0.15, -0.1) is 0 Å². The van der Waals surface area contributed by atoms with Gasteiger partial charge >= 0.3 is 5.97 Å². The van der Waals surface area contributed by atoms with Gasteiger partial charge in [0, 0.05) is 24.7 Å². The van der Waals surface area contributed by atoms with E-state index in [-0.39, 0.29) is 24.5 Å². The molecule has 0 radical (unpaired) electrons.